The SMILES string of the molecule is C1=N[N]C=C1c1ncnc2[nH]ccc12. The van der Waals surface area contributed by atoms with Crippen LogP contribution in [0.25, 0.3) is 16.6 Å². The number of aromatic amines is 1. The maximum atomic E-state index is 4.21. The molecule has 0 saturated heterocycles. The molecule has 0 aromatic carbocycles. The van der Waals surface area contributed by atoms with Crippen molar-refractivity contribution in [3.63, 3.8) is 0 Å². The molecule has 0 saturated carbocycles. The molecule has 67 valence electrons. The van der Waals surface area contributed by atoms with E-state index >= 15 is 0 Å². The summed E-state index contributed by atoms with van der Waals surface area (Å²) in [6, 6.07) is 1.94. The first-order valence-corrected chi connectivity index (χ1v) is 4.17. The first kappa shape index (κ1) is 7.25. The molecule has 1 N–H and O–H groups in total. The van der Waals surface area contributed by atoms with Gasteiger partial charge < -0.3 is 4.98 Å². The second-order valence-corrected chi connectivity index (χ2v) is 2.91. The Hall–Kier alpha value is -2.17. The number of aromatic nitrogens is 3. The fourth-order valence-electron chi connectivity index (χ4n) is 1.45. The van der Waals surface area contributed by atoms with E-state index in [1.165, 1.54) is 6.33 Å². The maximum Gasteiger partial charge on any atom is 0.141 e. The van der Waals surface area contributed by atoms with Crippen LogP contribution in [-0.2, 0) is 0 Å². The highest BCUT2D eigenvalue weighted by molar-refractivity contribution is 6.14. The van der Waals surface area contributed by atoms with Gasteiger partial charge in [0, 0.05) is 17.2 Å². The Kier molecular flexibility index (Phi) is 1.38. The highest BCUT2D eigenvalue weighted by Gasteiger charge is 2.10. The molecule has 0 unspecified atom stereocenters. The molecule has 0 atom stereocenters. The lowest BCUT2D eigenvalue weighted by Gasteiger charge is -1.97. The van der Waals surface area contributed by atoms with Crippen molar-refractivity contribution >= 4 is 22.8 Å². The number of hydrogen-bond donors (Lipinski definition) is 1. The van der Waals surface area contributed by atoms with Crippen LogP contribution in [0, 0.1) is 0 Å². The monoisotopic (exact) mass is 184 g/mol. The molecule has 0 fully saturated rings. The quantitative estimate of drug-likeness (QED) is 0.715. The second-order valence-electron chi connectivity index (χ2n) is 2.91. The van der Waals surface area contributed by atoms with E-state index in [4.69, 9.17) is 0 Å². The topological polar surface area (TPSA) is 68.0 Å². The van der Waals surface area contributed by atoms with Crippen LogP contribution in [0.4, 0.5) is 0 Å². The van der Waals surface area contributed by atoms with E-state index in [0.717, 1.165) is 22.3 Å². The molecule has 2 aromatic heterocycles. The Labute approximate surface area is 79.6 Å². The van der Waals surface area contributed by atoms with Crippen molar-refractivity contribution in [1.29, 1.82) is 0 Å². The van der Waals surface area contributed by atoms with Crippen LogP contribution in [0.3, 0.4) is 0 Å². The van der Waals surface area contributed by atoms with Crippen LogP contribution < -0.4 is 5.43 Å². The molecule has 5 nitrogen and oxygen atoms in total. The fraction of sp³-hybridized carbons (Fsp3) is 0. The van der Waals surface area contributed by atoms with Crippen molar-refractivity contribution < 1.29 is 0 Å². The van der Waals surface area contributed by atoms with Crippen molar-refractivity contribution in [2.24, 2.45) is 5.10 Å². The van der Waals surface area contributed by atoms with E-state index < -0.39 is 0 Å². The fourth-order valence-corrected chi connectivity index (χ4v) is 1.45. The zero-order chi connectivity index (χ0) is 9.38. The average molecular weight is 184 g/mol. The number of H-pyrrole nitrogens is 1. The standard InChI is InChI=1S/C9H6N5/c1-2-10-9-7(1)8(11-5-12-9)6-3-13-14-4-6/h1-5H,(H,10,11,12). The summed E-state index contributed by atoms with van der Waals surface area (Å²) in [5.74, 6) is 0. The number of fused-ring (bicyclic) bond motifs is 1. The van der Waals surface area contributed by atoms with Gasteiger partial charge in [-0.15, -0.1) is 0 Å². The van der Waals surface area contributed by atoms with Crippen LogP contribution in [0.5, 0.6) is 0 Å². The van der Waals surface area contributed by atoms with Gasteiger partial charge in [-0.25, -0.2) is 9.97 Å². The van der Waals surface area contributed by atoms with Gasteiger partial charge in [0.25, 0.3) is 0 Å². The Balaban J connectivity index is 2.29. The van der Waals surface area contributed by atoms with Crippen LogP contribution >= 0.6 is 0 Å². The van der Waals surface area contributed by atoms with Gasteiger partial charge in [-0.3, -0.25) is 0 Å². The number of allylic oxidation sites excluding steroid dienone is 1. The number of nitrogens with zero attached hydrogens (tertiary/aromatic N) is 4. The molecule has 1 aliphatic heterocycles. The molecule has 3 rings (SSSR count). The van der Waals surface area contributed by atoms with Gasteiger partial charge in [-0.2, -0.15) is 10.5 Å². The number of nitrogens with one attached hydrogen (secondary N) is 1. The Morgan fingerprint density at radius 3 is 3.07 bits per heavy atom. The van der Waals surface area contributed by atoms with Gasteiger partial charge >= 0.3 is 0 Å². The smallest absolute Gasteiger partial charge is 0.141 e. The Morgan fingerprint density at radius 1 is 1.21 bits per heavy atom. The molecule has 0 spiro atoms. The molecule has 14 heavy (non-hydrogen) atoms. The first-order chi connectivity index (χ1) is 6.95. The van der Waals surface area contributed by atoms with Gasteiger partial charge in [0.05, 0.1) is 18.1 Å². The van der Waals surface area contributed by atoms with E-state index in [1.54, 1.807) is 12.4 Å². The summed E-state index contributed by atoms with van der Waals surface area (Å²) in [5, 5.41) is 4.76. The minimum atomic E-state index is 0.830. The summed E-state index contributed by atoms with van der Waals surface area (Å²) < 4.78 is 0. The van der Waals surface area contributed by atoms with Crippen molar-refractivity contribution in [3.05, 3.63) is 30.5 Å². The number of hydrogen-bond acceptors (Lipinski definition) is 3. The van der Waals surface area contributed by atoms with Crippen molar-refractivity contribution in [2.45, 2.75) is 0 Å². The van der Waals surface area contributed by atoms with E-state index in [0.29, 0.717) is 0 Å². The maximum absolute atomic E-state index is 4.21. The van der Waals surface area contributed by atoms with Gasteiger partial charge in [-0.05, 0) is 6.07 Å². The molecule has 2 aromatic rings. The zero-order valence-corrected chi connectivity index (χ0v) is 7.18. The summed E-state index contributed by atoms with van der Waals surface area (Å²) in [6.07, 6.45) is 6.75. The minimum Gasteiger partial charge on any atom is -0.346 e. The lowest BCUT2D eigenvalue weighted by atomic mass is 10.1. The molecule has 3 heterocycles. The highest BCUT2D eigenvalue weighted by atomic mass is 15.3. The third kappa shape index (κ3) is 0.922. The van der Waals surface area contributed by atoms with E-state index in [-0.39, 0.29) is 0 Å². The molecular weight excluding hydrogens is 178 g/mol. The zero-order valence-electron chi connectivity index (χ0n) is 7.18. The largest absolute Gasteiger partial charge is 0.346 e. The van der Waals surface area contributed by atoms with E-state index in [1.807, 2.05) is 12.3 Å². The predicted molar refractivity (Wildman–Crippen MR) is 52.5 cm³/mol. The molecular formula is C9H6N5. The van der Waals surface area contributed by atoms with Gasteiger partial charge in [-0.1, -0.05) is 0 Å². The summed E-state index contributed by atoms with van der Waals surface area (Å²) in [4.78, 5) is 11.3. The molecule has 0 aliphatic carbocycles. The highest BCUT2D eigenvalue weighted by Crippen LogP contribution is 2.20. The van der Waals surface area contributed by atoms with Gasteiger partial charge in [0.1, 0.15) is 12.0 Å². The lowest BCUT2D eigenvalue weighted by molar-refractivity contribution is 0.977. The van der Waals surface area contributed by atoms with Crippen LogP contribution in [-0.4, -0.2) is 21.2 Å². The van der Waals surface area contributed by atoms with Gasteiger partial charge in [0.2, 0.25) is 0 Å². The summed E-state index contributed by atoms with van der Waals surface area (Å²) in [5.41, 5.74) is 6.38. The third-order valence-corrected chi connectivity index (χ3v) is 2.09. The van der Waals surface area contributed by atoms with Crippen LogP contribution in [0.15, 0.2) is 29.9 Å². The third-order valence-electron chi connectivity index (χ3n) is 2.09. The molecule has 0 amide bonds. The average Bonchev–Trinajstić information content (AvgIpc) is 2.88. The summed E-state index contributed by atoms with van der Waals surface area (Å²) >= 11 is 0. The normalized spacial score (nSPS) is 14.4. The van der Waals surface area contributed by atoms with Crippen molar-refractivity contribution in [2.75, 3.05) is 0 Å². The number of rotatable bonds is 1. The lowest BCUT2D eigenvalue weighted by Crippen LogP contribution is -1.91. The van der Waals surface area contributed by atoms with Crippen LogP contribution in [0.1, 0.15) is 5.69 Å². The summed E-state index contributed by atoms with van der Waals surface area (Å²) in [7, 11) is 0. The van der Waals surface area contributed by atoms with E-state index in [9.17, 15) is 0 Å². The second kappa shape index (κ2) is 2.66. The van der Waals surface area contributed by atoms with Gasteiger partial charge in [0.15, 0.2) is 0 Å². The molecule has 0 bridgehead atoms. The molecule has 1 aliphatic rings. The minimum absolute atomic E-state index is 0.830. The Bertz CT molecular complexity index is 537. The molecule has 1 radical (unpaired) electrons. The predicted octanol–water partition coefficient (Wildman–Crippen LogP) is 0.903. The van der Waals surface area contributed by atoms with Crippen molar-refractivity contribution in [3.8, 4) is 0 Å². The van der Waals surface area contributed by atoms with Crippen molar-refractivity contribution in [1.82, 2.24) is 20.4 Å². The molecule has 5 heteroatoms. The first-order valence-electron chi connectivity index (χ1n) is 4.17. The van der Waals surface area contributed by atoms with Crippen LogP contribution in [0.2, 0.25) is 0 Å². The Morgan fingerprint density at radius 2 is 2.21 bits per heavy atom. The van der Waals surface area contributed by atoms with E-state index in [2.05, 4.69) is 25.5 Å². The summed E-state index contributed by atoms with van der Waals surface area (Å²) in [6.45, 7) is 0.